The Morgan fingerprint density at radius 1 is 1.34 bits per heavy atom. The van der Waals surface area contributed by atoms with Gasteiger partial charge in [-0.05, 0) is 27.1 Å². The third-order valence-electron chi connectivity index (χ3n) is 4.01. The van der Waals surface area contributed by atoms with Crippen molar-refractivity contribution >= 4 is 29.0 Å². The van der Waals surface area contributed by atoms with Crippen molar-refractivity contribution in [3.63, 3.8) is 0 Å². The molecule has 2 amide bonds. The second-order valence-electron chi connectivity index (χ2n) is 6.53. The van der Waals surface area contributed by atoms with E-state index >= 15 is 0 Å². The zero-order chi connectivity index (χ0) is 21.0. The summed E-state index contributed by atoms with van der Waals surface area (Å²) in [4.78, 5) is 36.2. The fraction of sp³-hybridized carbons (Fsp3) is 0.333. The van der Waals surface area contributed by atoms with Gasteiger partial charge in [-0.1, -0.05) is 0 Å². The van der Waals surface area contributed by atoms with E-state index in [0.717, 1.165) is 0 Å². The number of rotatable bonds is 8. The first-order valence-corrected chi connectivity index (χ1v) is 9.01. The summed E-state index contributed by atoms with van der Waals surface area (Å²) in [6, 6.07) is 3.14. The van der Waals surface area contributed by atoms with E-state index in [9.17, 15) is 9.59 Å². The monoisotopic (exact) mass is 401 g/mol. The Kier molecular flexibility index (Phi) is 5.98. The Labute approximate surface area is 166 Å². The van der Waals surface area contributed by atoms with Crippen LogP contribution in [-0.4, -0.2) is 75.3 Å². The third-order valence-corrected chi connectivity index (χ3v) is 4.01. The number of carbonyl (C=O) groups is 2. The maximum atomic E-state index is 11.7. The number of likely N-dealkylation sites (N-methyl/N-ethyl adjacent to an activating group) is 1. The van der Waals surface area contributed by atoms with Crippen LogP contribution in [0, 0.1) is 0 Å². The fourth-order valence-corrected chi connectivity index (χ4v) is 2.62. The zero-order valence-corrected chi connectivity index (χ0v) is 16.4. The lowest BCUT2D eigenvalue weighted by Crippen LogP contribution is -2.28. The van der Waals surface area contributed by atoms with E-state index in [1.807, 2.05) is 25.9 Å². The lowest BCUT2D eigenvalue weighted by Gasteiger charge is -2.14. The van der Waals surface area contributed by atoms with Gasteiger partial charge in [-0.25, -0.2) is 19.6 Å². The number of nitrogens with zero attached hydrogens (tertiary/aromatic N) is 4. The molecule has 0 spiro atoms. The number of H-pyrrole nitrogens is 1. The predicted molar refractivity (Wildman–Crippen MR) is 107 cm³/mol. The Morgan fingerprint density at radius 2 is 2.14 bits per heavy atom. The Hall–Kier alpha value is -3.60. The molecular weight excluding hydrogens is 378 g/mol. The van der Waals surface area contributed by atoms with Crippen molar-refractivity contribution in [1.82, 2.24) is 29.7 Å². The molecule has 0 radical (unpaired) electrons. The quantitative estimate of drug-likeness (QED) is 0.449. The van der Waals surface area contributed by atoms with E-state index in [4.69, 9.17) is 9.84 Å². The number of benzene rings is 1. The number of hydrogen-bond donors (Lipinski definition) is 4. The summed E-state index contributed by atoms with van der Waals surface area (Å²) >= 11 is 0. The first-order chi connectivity index (χ1) is 13.9. The van der Waals surface area contributed by atoms with Crippen molar-refractivity contribution in [2.75, 3.05) is 39.1 Å². The van der Waals surface area contributed by atoms with E-state index in [0.29, 0.717) is 48.1 Å². The highest BCUT2D eigenvalue weighted by Gasteiger charge is 2.15. The van der Waals surface area contributed by atoms with Crippen molar-refractivity contribution in [3.05, 3.63) is 30.4 Å². The molecule has 11 nitrogen and oxygen atoms in total. The molecule has 0 fully saturated rings. The number of imidazole rings is 2. The molecule has 3 aromatic rings. The average molecular weight is 401 g/mol. The molecule has 29 heavy (non-hydrogen) atoms. The molecule has 2 heterocycles. The summed E-state index contributed by atoms with van der Waals surface area (Å²) in [6.07, 6.45) is 2.81. The molecule has 0 saturated heterocycles. The van der Waals surface area contributed by atoms with Gasteiger partial charge in [0.25, 0.3) is 0 Å². The standard InChI is InChI=1S/C18H23N7O4/c1-4-19-18(28)23-17-21-11-7-14(25-9-13(16(26)27)20-10-25)15(8-12(11)22-17)29-6-5-24(2)3/h7-10H,4-6H2,1-3H3,(H,26,27)(H3,19,21,22,23,28). The van der Waals surface area contributed by atoms with Gasteiger partial charge in [-0.3, -0.25) is 5.32 Å². The van der Waals surface area contributed by atoms with Crippen LogP contribution < -0.4 is 15.4 Å². The summed E-state index contributed by atoms with van der Waals surface area (Å²) < 4.78 is 7.49. The lowest BCUT2D eigenvalue weighted by molar-refractivity contribution is 0.0691. The molecule has 3 rings (SSSR count). The second-order valence-corrected chi connectivity index (χ2v) is 6.53. The van der Waals surface area contributed by atoms with Gasteiger partial charge >= 0.3 is 12.0 Å². The van der Waals surface area contributed by atoms with Crippen LogP contribution >= 0.6 is 0 Å². The number of carbonyl (C=O) groups excluding carboxylic acids is 1. The highest BCUT2D eigenvalue weighted by Crippen LogP contribution is 2.29. The fourth-order valence-electron chi connectivity index (χ4n) is 2.62. The van der Waals surface area contributed by atoms with Crippen molar-refractivity contribution in [2.45, 2.75) is 6.92 Å². The molecular formula is C18H23N7O4. The Balaban J connectivity index is 1.98. The van der Waals surface area contributed by atoms with Crippen molar-refractivity contribution in [1.29, 1.82) is 0 Å². The highest BCUT2D eigenvalue weighted by molar-refractivity contribution is 5.90. The molecule has 0 aliphatic carbocycles. The molecule has 4 N–H and O–H groups in total. The van der Waals surface area contributed by atoms with Crippen LogP contribution in [0.15, 0.2) is 24.7 Å². The third kappa shape index (κ3) is 4.82. The smallest absolute Gasteiger partial charge is 0.356 e. The minimum atomic E-state index is -1.12. The summed E-state index contributed by atoms with van der Waals surface area (Å²) in [6.45, 7) is 3.45. The van der Waals surface area contributed by atoms with Crippen LogP contribution in [0.25, 0.3) is 16.7 Å². The van der Waals surface area contributed by atoms with Gasteiger partial charge in [-0.2, -0.15) is 0 Å². The number of anilines is 1. The number of amides is 2. The number of aromatic amines is 1. The first-order valence-electron chi connectivity index (χ1n) is 9.01. The maximum absolute atomic E-state index is 11.7. The van der Waals surface area contributed by atoms with Gasteiger partial charge < -0.3 is 29.6 Å². The normalized spacial score (nSPS) is 11.0. The summed E-state index contributed by atoms with van der Waals surface area (Å²) in [5, 5.41) is 14.4. The lowest BCUT2D eigenvalue weighted by atomic mass is 10.2. The van der Waals surface area contributed by atoms with Gasteiger partial charge in [0.1, 0.15) is 18.7 Å². The highest BCUT2D eigenvalue weighted by atomic mass is 16.5. The number of urea groups is 1. The van der Waals surface area contributed by atoms with Crippen LogP contribution in [0.4, 0.5) is 10.7 Å². The zero-order valence-electron chi connectivity index (χ0n) is 16.4. The molecule has 1 aromatic carbocycles. The number of hydrogen-bond acceptors (Lipinski definition) is 6. The SMILES string of the molecule is CCNC(=O)Nc1nc2cc(-n3cnc(C(=O)O)c3)c(OCCN(C)C)cc2[nH]1. The summed E-state index contributed by atoms with van der Waals surface area (Å²) in [5.74, 6) is -0.297. The van der Waals surface area contributed by atoms with Crippen molar-refractivity contribution < 1.29 is 19.4 Å². The van der Waals surface area contributed by atoms with E-state index in [-0.39, 0.29) is 11.7 Å². The molecule has 0 atom stereocenters. The second kappa shape index (κ2) is 8.61. The molecule has 2 aromatic heterocycles. The number of aromatic nitrogens is 4. The van der Waals surface area contributed by atoms with Gasteiger partial charge in [0.2, 0.25) is 5.95 Å². The van der Waals surface area contributed by atoms with E-state index in [1.54, 1.807) is 16.7 Å². The number of carboxylic acid groups (broad SMARTS) is 1. The van der Waals surface area contributed by atoms with Gasteiger partial charge in [0.05, 0.1) is 16.7 Å². The Bertz CT molecular complexity index is 1020. The molecule has 0 saturated carbocycles. The molecule has 0 aliphatic heterocycles. The molecule has 0 unspecified atom stereocenters. The van der Waals surface area contributed by atoms with Gasteiger partial charge in [0, 0.05) is 25.4 Å². The molecule has 0 bridgehead atoms. The minimum Gasteiger partial charge on any atom is -0.490 e. The van der Waals surface area contributed by atoms with Crippen molar-refractivity contribution in [2.24, 2.45) is 0 Å². The number of carboxylic acids is 1. The van der Waals surface area contributed by atoms with E-state index < -0.39 is 5.97 Å². The predicted octanol–water partition coefficient (Wildman–Crippen LogP) is 1.53. The number of aromatic carboxylic acids is 1. The van der Waals surface area contributed by atoms with Crippen molar-refractivity contribution in [3.8, 4) is 11.4 Å². The summed E-state index contributed by atoms with van der Waals surface area (Å²) in [7, 11) is 3.88. The van der Waals surface area contributed by atoms with E-state index in [1.165, 1.54) is 12.5 Å². The van der Waals surface area contributed by atoms with Gasteiger partial charge in [-0.15, -0.1) is 0 Å². The van der Waals surface area contributed by atoms with Crippen LogP contribution in [0.1, 0.15) is 17.4 Å². The average Bonchev–Trinajstić information content (AvgIpc) is 3.27. The minimum absolute atomic E-state index is 0.0787. The molecule has 0 aliphatic rings. The topological polar surface area (TPSA) is 137 Å². The van der Waals surface area contributed by atoms with Crippen LogP contribution in [-0.2, 0) is 0 Å². The number of fused-ring (bicyclic) bond motifs is 1. The number of nitrogens with one attached hydrogen (secondary N) is 3. The Morgan fingerprint density at radius 3 is 2.79 bits per heavy atom. The maximum Gasteiger partial charge on any atom is 0.356 e. The van der Waals surface area contributed by atoms with Crippen LogP contribution in [0.5, 0.6) is 5.75 Å². The molecule has 11 heteroatoms. The van der Waals surface area contributed by atoms with E-state index in [2.05, 4.69) is 25.6 Å². The largest absolute Gasteiger partial charge is 0.490 e. The van der Waals surface area contributed by atoms with Gasteiger partial charge in [0.15, 0.2) is 5.69 Å². The molecule has 154 valence electrons. The first kappa shape index (κ1) is 20.1. The van der Waals surface area contributed by atoms with Crippen LogP contribution in [0.3, 0.4) is 0 Å². The summed E-state index contributed by atoms with van der Waals surface area (Å²) in [5.41, 5.74) is 1.76. The number of ether oxygens (including phenoxy) is 1. The van der Waals surface area contributed by atoms with Crippen LogP contribution in [0.2, 0.25) is 0 Å².